The van der Waals surface area contributed by atoms with Gasteiger partial charge in [-0.05, 0) is 90.6 Å². The Balaban J connectivity index is 1.44. The van der Waals surface area contributed by atoms with Crippen molar-refractivity contribution in [3.63, 3.8) is 0 Å². The van der Waals surface area contributed by atoms with E-state index in [-0.39, 0.29) is 0 Å². The Labute approximate surface area is 145 Å². The molecule has 21 heavy (non-hydrogen) atoms. The van der Waals surface area contributed by atoms with Crippen LogP contribution in [0.4, 0.5) is 0 Å². The smallest absolute Gasteiger partial charge is 0.107 e. The summed E-state index contributed by atoms with van der Waals surface area (Å²) in [7, 11) is 0. The van der Waals surface area contributed by atoms with Crippen LogP contribution in [0.15, 0.2) is 10.5 Å². The second-order valence-corrected chi connectivity index (χ2v) is 10.3. The average Bonchev–Trinajstić information content (AvgIpc) is 2.73. The van der Waals surface area contributed by atoms with Crippen molar-refractivity contribution in [3.05, 3.63) is 19.8 Å². The highest BCUT2D eigenvalue weighted by Crippen LogP contribution is 2.61. The number of hydrogen-bond donors (Lipinski definition) is 1. The monoisotopic (exact) mass is 387 g/mol. The van der Waals surface area contributed by atoms with Crippen LogP contribution < -0.4 is 5.32 Å². The molecule has 1 atom stereocenters. The third kappa shape index (κ3) is 2.73. The number of nitrogens with one attached hydrogen (secondary N) is 1. The van der Waals surface area contributed by atoms with Crippen molar-refractivity contribution in [2.75, 3.05) is 0 Å². The molecule has 116 valence electrons. The Bertz CT molecular complexity index is 486. The molecule has 4 aliphatic rings. The van der Waals surface area contributed by atoms with Gasteiger partial charge in [-0.25, -0.2) is 0 Å². The summed E-state index contributed by atoms with van der Waals surface area (Å²) in [5.74, 6) is 3.10. The molecule has 0 spiro atoms. The first-order chi connectivity index (χ1) is 10.0. The minimum atomic E-state index is 0.590. The van der Waals surface area contributed by atoms with Gasteiger partial charge in [0, 0.05) is 21.9 Å². The van der Waals surface area contributed by atoms with Crippen LogP contribution in [0.25, 0.3) is 0 Å². The summed E-state index contributed by atoms with van der Waals surface area (Å²) in [6, 6.07) is 2.79. The number of rotatable bonds is 4. The predicted molar refractivity (Wildman–Crippen MR) is 93.9 cm³/mol. The van der Waals surface area contributed by atoms with E-state index in [1.54, 1.807) is 11.3 Å². The van der Waals surface area contributed by atoms with Crippen LogP contribution in [0, 0.1) is 23.2 Å². The first-order valence-corrected chi connectivity index (χ1v) is 10.2. The highest BCUT2D eigenvalue weighted by Gasteiger charge is 2.52. The van der Waals surface area contributed by atoms with Crippen molar-refractivity contribution in [3.8, 4) is 0 Å². The molecule has 1 N–H and O–H groups in total. The fourth-order valence-corrected chi connectivity index (χ4v) is 7.40. The zero-order valence-electron chi connectivity index (χ0n) is 12.5. The normalized spacial score (nSPS) is 38.9. The zero-order chi connectivity index (χ0) is 14.6. The van der Waals surface area contributed by atoms with Gasteiger partial charge in [0.05, 0.1) is 0 Å². The Morgan fingerprint density at radius 1 is 1.29 bits per heavy atom. The fraction of sp³-hybridized carbons (Fsp3) is 0.765. The molecule has 1 unspecified atom stereocenters. The zero-order valence-corrected chi connectivity index (χ0v) is 15.7. The first-order valence-electron chi connectivity index (χ1n) is 8.21. The van der Waals surface area contributed by atoms with E-state index in [0.29, 0.717) is 11.5 Å². The summed E-state index contributed by atoms with van der Waals surface area (Å²) in [6.45, 7) is 3.39. The van der Waals surface area contributed by atoms with Gasteiger partial charge >= 0.3 is 0 Å². The van der Waals surface area contributed by atoms with Crippen LogP contribution in [-0.2, 0) is 6.54 Å². The maximum atomic E-state index is 6.15. The molecule has 1 aromatic rings. The van der Waals surface area contributed by atoms with E-state index in [1.165, 1.54) is 43.4 Å². The molecule has 0 aliphatic heterocycles. The van der Waals surface area contributed by atoms with E-state index in [4.69, 9.17) is 11.6 Å². The van der Waals surface area contributed by atoms with E-state index in [0.717, 1.165) is 33.1 Å². The lowest BCUT2D eigenvalue weighted by molar-refractivity contribution is -0.0706. The quantitative estimate of drug-likeness (QED) is 0.681. The minimum Gasteiger partial charge on any atom is -0.309 e. The number of halogens is 2. The van der Waals surface area contributed by atoms with Gasteiger partial charge in [-0.1, -0.05) is 11.6 Å². The maximum absolute atomic E-state index is 6.15. The van der Waals surface area contributed by atoms with Crippen molar-refractivity contribution < 1.29 is 0 Å². The molecule has 4 heteroatoms. The predicted octanol–water partition coefficient (Wildman–Crippen LogP) is 5.86. The van der Waals surface area contributed by atoms with Crippen molar-refractivity contribution in [1.29, 1.82) is 0 Å². The molecule has 1 heterocycles. The van der Waals surface area contributed by atoms with Crippen molar-refractivity contribution in [1.82, 2.24) is 5.32 Å². The third-order valence-electron chi connectivity index (χ3n) is 6.28. The lowest BCUT2D eigenvalue weighted by Crippen LogP contribution is -2.54. The van der Waals surface area contributed by atoms with E-state index in [9.17, 15) is 0 Å². The highest BCUT2D eigenvalue weighted by atomic mass is 79.9. The summed E-state index contributed by atoms with van der Waals surface area (Å²) < 4.78 is 1.91. The van der Waals surface area contributed by atoms with E-state index < -0.39 is 0 Å². The molecule has 0 amide bonds. The van der Waals surface area contributed by atoms with Crippen LogP contribution in [0.1, 0.15) is 50.3 Å². The maximum Gasteiger partial charge on any atom is 0.107 e. The SMILES string of the molecule is CC(NCc1cc(Br)c(Cl)s1)C12CC3CC(CC(C3)C1)C2. The second kappa shape index (κ2) is 5.51. The molecule has 1 aromatic heterocycles. The van der Waals surface area contributed by atoms with Crippen LogP contribution in [-0.4, -0.2) is 6.04 Å². The summed E-state index contributed by atoms with van der Waals surface area (Å²) >= 11 is 11.3. The molecule has 5 rings (SSSR count). The molecule has 1 nitrogen and oxygen atoms in total. The van der Waals surface area contributed by atoms with Gasteiger partial charge in [-0.2, -0.15) is 0 Å². The minimum absolute atomic E-state index is 0.590. The van der Waals surface area contributed by atoms with Crippen LogP contribution in [0.2, 0.25) is 4.34 Å². The average molecular weight is 389 g/mol. The van der Waals surface area contributed by atoms with Crippen molar-refractivity contribution in [2.45, 2.75) is 58.0 Å². The van der Waals surface area contributed by atoms with Crippen LogP contribution in [0.3, 0.4) is 0 Å². The van der Waals surface area contributed by atoms with Gasteiger partial charge in [0.25, 0.3) is 0 Å². The molecule has 4 saturated carbocycles. The topological polar surface area (TPSA) is 12.0 Å². The van der Waals surface area contributed by atoms with Crippen LogP contribution >= 0.6 is 38.9 Å². The Kier molecular flexibility index (Phi) is 3.93. The summed E-state index contributed by atoms with van der Waals surface area (Å²) in [5, 5.41) is 3.83. The summed E-state index contributed by atoms with van der Waals surface area (Å²) in [5.41, 5.74) is 0.590. The number of thiophene rings is 1. The van der Waals surface area contributed by atoms with Gasteiger partial charge in [0.2, 0.25) is 0 Å². The van der Waals surface area contributed by atoms with Gasteiger partial charge in [0.1, 0.15) is 4.34 Å². The van der Waals surface area contributed by atoms with Crippen molar-refractivity contribution in [2.24, 2.45) is 23.2 Å². The van der Waals surface area contributed by atoms with E-state index in [1.807, 2.05) is 0 Å². The van der Waals surface area contributed by atoms with E-state index >= 15 is 0 Å². The Morgan fingerprint density at radius 3 is 2.33 bits per heavy atom. The molecule has 0 saturated heterocycles. The molecular formula is C17H23BrClNS. The third-order valence-corrected chi connectivity index (χ3v) is 8.76. The van der Waals surface area contributed by atoms with Crippen molar-refractivity contribution >= 4 is 38.9 Å². The van der Waals surface area contributed by atoms with Crippen LogP contribution in [0.5, 0.6) is 0 Å². The Morgan fingerprint density at radius 2 is 1.86 bits per heavy atom. The lowest BCUT2D eigenvalue weighted by Gasteiger charge is -2.59. The van der Waals surface area contributed by atoms with Gasteiger partial charge < -0.3 is 5.32 Å². The largest absolute Gasteiger partial charge is 0.309 e. The Hall–Kier alpha value is 0.430. The van der Waals surface area contributed by atoms with Gasteiger partial charge in [0.15, 0.2) is 0 Å². The fourth-order valence-electron chi connectivity index (χ4n) is 5.66. The molecular weight excluding hydrogens is 366 g/mol. The molecule has 4 fully saturated rings. The standard InChI is InChI=1S/C17H23BrClNS/c1-10(20-9-14-5-15(18)16(19)21-14)17-6-11-2-12(7-17)4-13(3-11)8-17/h5,10-13,20H,2-4,6-9H2,1H3. The summed E-state index contributed by atoms with van der Waals surface area (Å²) in [4.78, 5) is 1.34. The highest BCUT2D eigenvalue weighted by molar-refractivity contribution is 9.10. The molecule has 4 bridgehead atoms. The van der Waals surface area contributed by atoms with E-state index in [2.05, 4.69) is 34.2 Å². The lowest BCUT2D eigenvalue weighted by atomic mass is 9.48. The number of hydrogen-bond acceptors (Lipinski definition) is 2. The molecule has 4 aliphatic carbocycles. The molecule has 0 aromatic carbocycles. The molecule has 0 radical (unpaired) electrons. The van der Waals surface area contributed by atoms with Gasteiger partial charge in [-0.3, -0.25) is 0 Å². The summed E-state index contributed by atoms with van der Waals surface area (Å²) in [6.07, 6.45) is 9.00. The second-order valence-electron chi connectivity index (χ2n) is 7.72. The van der Waals surface area contributed by atoms with Gasteiger partial charge in [-0.15, -0.1) is 11.3 Å². The first kappa shape index (κ1) is 15.0.